The zero-order valence-corrected chi connectivity index (χ0v) is 11.9. The summed E-state index contributed by atoms with van der Waals surface area (Å²) in [7, 11) is 0. The van der Waals surface area contributed by atoms with E-state index >= 15 is 0 Å². The molecule has 1 aliphatic rings. The van der Waals surface area contributed by atoms with Crippen molar-refractivity contribution in [1.29, 1.82) is 0 Å². The van der Waals surface area contributed by atoms with E-state index in [1.54, 1.807) is 0 Å². The fourth-order valence-electron chi connectivity index (χ4n) is 3.30. The van der Waals surface area contributed by atoms with E-state index in [2.05, 4.69) is 27.0 Å². The van der Waals surface area contributed by atoms with Gasteiger partial charge in [0.2, 0.25) is 0 Å². The third-order valence-electron chi connectivity index (χ3n) is 4.59. The molecule has 1 aliphatic carbocycles. The molecule has 0 heterocycles. The van der Waals surface area contributed by atoms with E-state index in [4.69, 9.17) is 0 Å². The van der Waals surface area contributed by atoms with Gasteiger partial charge in [0.15, 0.2) is 0 Å². The Morgan fingerprint density at radius 2 is 2.00 bits per heavy atom. The lowest BCUT2D eigenvalue weighted by atomic mass is 9.57. The van der Waals surface area contributed by atoms with Crippen LogP contribution in [-0.4, -0.2) is 0 Å². The minimum atomic E-state index is 0.635. The number of hydrogen-bond acceptors (Lipinski definition) is 0. The van der Waals surface area contributed by atoms with Crippen molar-refractivity contribution in [2.24, 2.45) is 11.3 Å². The lowest BCUT2D eigenvalue weighted by Gasteiger charge is -2.48. The van der Waals surface area contributed by atoms with Crippen LogP contribution in [0.15, 0.2) is 24.8 Å². The second-order valence-electron chi connectivity index (χ2n) is 5.98. The maximum absolute atomic E-state index is 4.19. The molecule has 0 radical (unpaired) electrons. The Kier molecular flexibility index (Phi) is 6.02. The van der Waals surface area contributed by atoms with Crippen LogP contribution in [0.25, 0.3) is 0 Å². The van der Waals surface area contributed by atoms with Crippen LogP contribution in [0.1, 0.15) is 71.6 Å². The van der Waals surface area contributed by atoms with Gasteiger partial charge in [0.05, 0.1) is 0 Å². The van der Waals surface area contributed by atoms with Crippen molar-refractivity contribution in [2.75, 3.05) is 0 Å². The standard InChI is InChI=1S/C17H30/c1-5-8-9-10-11-16-13-17(7-3,14-16)12-15(4)6-2/h5,16H,1,4,6-14H2,2-3H3. The molecule has 1 saturated carbocycles. The summed E-state index contributed by atoms with van der Waals surface area (Å²) in [5.74, 6) is 1.00. The largest absolute Gasteiger partial charge is 0.103 e. The molecular weight excluding hydrogens is 204 g/mol. The molecule has 1 fully saturated rings. The molecule has 0 saturated heterocycles. The highest BCUT2D eigenvalue weighted by molar-refractivity contribution is 5.04. The minimum absolute atomic E-state index is 0.635. The van der Waals surface area contributed by atoms with Gasteiger partial charge in [-0.15, -0.1) is 6.58 Å². The van der Waals surface area contributed by atoms with E-state index in [1.165, 1.54) is 56.9 Å². The Morgan fingerprint density at radius 1 is 1.29 bits per heavy atom. The Hall–Kier alpha value is -0.520. The highest BCUT2D eigenvalue weighted by Gasteiger charge is 2.41. The van der Waals surface area contributed by atoms with Gasteiger partial charge in [-0.3, -0.25) is 0 Å². The molecule has 1 rings (SSSR count). The van der Waals surface area contributed by atoms with Crippen LogP contribution in [0.2, 0.25) is 0 Å². The third kappa shape index (κ3) is 4.33. The van der Waals surface area contributed by atoms with Crippen molar-refractivity contribution in [3.8, 4) is 0 Å². The monoisotopic (exact) mass is 234 g/mol. The first-order chi connectivity index (χ1) is 8.15. The predicted octanol–water partition coefficient (Wildman–Crippen LogP) is 5.90. The smallest absolute Gasteiger partial charge is 0.0258 e. The van der Waals surface area contributed by atoms with Crippen molar-refractivity contribution in [3.05, 3.63) is 24.8 Å². The maximum atomic E-state index is 4.19. The van der Waals surface area contributed by atoms with Crippen LogP contribution in [0.4, 0.5) is 0 Å². The van der Waals surface area contributed by atoms with E-state index in [0.717, 1.165) is 12.3 Å². The highest BCUT2D eigenvalue weighted by Crippen LogP contribution is 2.53. The summed E-state index contributed by atoms with van der Waals surface area (Å²) in [5, 5.41) is 0. The van der Waals surface area contributed by atoms with Crippen LogP contribution in [0, 0.1) is 11.3 Å². The van der Waals surface area contributed by atoms with Crippen molar-refractivity contribution in [3.63, 3.8) is 0 Å². The topological polar surface area (TPSA) is 0 Å². The van der Waals surface area contributed by atoms with E-state index in [0.29, 0.717) is 5.41 Å². The summed E-state index contributed by atoms with van der Waals surface area (Å²) in [4.78, 5) is 0. The average Bonchev–Trinajstić information content (AvgIpc) is 2.30. The van der Waals surface area contributed by atoms with Gasteiger partial charge in [-0.2, -0.15) is 0 Å². The maximum Gasteiger partial charge on any atom is -0.0258 e. The van der Waals surface area contributed by atoms with Crippen LogP contribution in [0.3, 0.4) is 0 Å². The zero-order chi connectivity index (χ0) is 12.7. The lowest BCUT2D eigenvalue weighted by molar-refractivity contribution is 0.0429. The summed E-state index contributed by atoms with van der Waals surface area (Å²) in [5.41, 5.74) is 2.09. The van der Waals surface area contributed by atoms with Gasteiger partial charge in [0.1, 0.15) is 0 Å². The number of unbranched alkanes of at least 4 members (excludes halogenated alkanes) is 2. The molecule has 0 N–H and O–H groups in total. The fraction of sp³-hybridized carbons (Fsp3) is 0.765. The molecule has 0 unspecified atom stereocenters. The molecule has 17 heavy (non-hydrogen) atoms. The van der Waals surface area contributed by atoms with Crippen molar-refractivity contribution in [2.45, 2.75) is 71.6 Å². The molecule has 0 heteroatoms. The summed E-state index contributed by atoms with van der Waals surface area (Å²) in [6.45, 7) is 12.6. The molecule has 0 aromatic heterocycles. The van der Waals surface area contributed by atoms with Crippen molar-refractivity contribution < 1.29 is 0 Å². The van der Waals surface area contributed by atoms with Gasteiger partial charge >= 0.3 is 0 Å². The molecule has 0 amide bonds. The van der Waals surface area contributed by atoms with Gasteiger partial charge in [-0.05, 0) is 49.9 Å². The normalized spacial score (nSPS) is 27.5. The molecule has 0 aromatic carbocycles. The van der Waals surface area contributed by atoms with Gasteiger partial charge in [0.25, 0.3) is 0 Å². The molecule has 0 aliphatic heterocycles. The van der Waals surface area contributed by atoms with Crippen LogP contribution in [0.5, 0.6) is 0 Å². The fourth-order valence-corrected chi connectivity index (χ4v) is 3.30. The Labute approximate surface area is 108 Å². The van der Waals surface area contributed by atoms with Gasteiger partial charge in [-0.25, -0.2) is 0 Å². The second kappa shape index (κ2) is 7.03. The van der Waals surface area contributed by atoms with Crippen LogP contribution < -0.4 is 0 Å². The summed E-state index contributed by atoms with van der Waals surface area (Å²) in [6, 6.07) is 0. The lowest BCUT2D eigenvalue weighted by Crippen LogP contribution is -2.37. The molecular formula is C17H30. The van der Waals surface area contributed by atoms with Crippen molar-refractivity contribution in [1.82, 2.24) is 0 Å². The third-order valence-corrected chi connectivity index (χ3v) is 4.59. The SMILES string of the molecule is C=CCCCCC1CC(CC)(CC(=C)CC)C1. The predicted molar refractivity (Wildman–Crippen MR) is 78.2 cm³/mol. The first-order valence-corrected chi connectivity index (χ1v) is 7.43. The Bertz CT molecular complexity index is 243. The average molecular weight is 234 g/mol. The molecule has 0 aromatic rings. The minimum Gasteiger partial charge on any atom is -0.103 e. The number of rotatable bonds is 9. The summed E-state index contributed by atoms with van der Waals surface area (Å²) < 4.78 is 0. The quantitative estimate of drug-likeness (QED) is 0.344. The second-order valence-corrected chi connectivity index (χ2v) is 5.98. The van der Waals surface area contributed by atoms with Gasteiger partial charge in [0, 0.05) is 0 Å². The van der Waals surface area contributed by atoms with Gasteiger partial charge < -0.3 is 0 Å². The van der Waals surface area contributed by atoms with E-state index < -0.39 is 0 Å². The summed E-state index contributed by atoms with van der Waals surface area (Å²) in [6.07, 6.45) is 14.1. The van der Waals surface area contributed by atoms with Crippen LogP contribution >= 0.6 is 0 Å². The summed E-state index contributed by atoms with van der Waals surface area (Å²) >= 11 is 0. The zero-order valence-electron chi connectivity index (χ0n) is 11.9. The molecule has 0 spiro atoms. The molecule has 0 nitrogen and oxygen atoms in total. The van der Waals surface area contributed by atoms with Gasteiger partial charge in [-0.1, -0.05) is 51.3 Å². The molecule has 0 bridgehead atoms. The Balaban J connectivity index is 2.21. The highest BCUT2D eigenvalue weighted by atomic mass is 14.5. The number of allylic oxidation sites excluding steroid dienone is 2. The first-order valence-electron chi connectivity index (χ1n) is 7.43. The molecule has 0 atom stereocenters. The first kappa shape index (κ1) is 14.5. The van der Waals surface area contributed by atoms with Crippen LogP contribution in [-0.2, 0) is 0 Å². The van der Waals surface area contributed by atoms with Crippen molar-refractivity contribution >= 4 is 0 Å². The molecule has 98 valence electrons. The Morgan fingerprint density at radius 3 is 2.53 bits per heavy atom. The van der Waals surface area contributed by atoms with E-state index in [1.807, 2.05) is 6.08 Å². The number of hydrogen-bond donors (Lipinski definition) is 0. The van der Waals surface area contributed by atoms with E-state index in [9.17, 15) is 0 Å². The van der Waals surface area contributed by atoms with E-state index in [-0.39, 0.29) is 0 Å².